The molecule has 2 nitrogen and oxygen atoms in total. The minimum absolute atomic E-state index is 0.332. The number of carbonyl (C=O) groups is 1. The summed E-state index contributed by atoms with van der Waals surface area (Å²) < 4.78 is 42.8. The summed E-state index contributed by atoms with van der Waals surface area (Å²) in [6.07, 6.45) is -4.60. The molecule has 0 spiro atoms. The summed E-state index contributed by atoms with van der Waals surface area (Å²) in [7, 11) is 0. The lowest BCUT2D eigenvalue weighted by atomic mass is 9.98. The summed E-state index contributed by atoms with van der Waals surface area (Å²) in [5.41, 5.74) is -0.907. The van der Waals surface area contributed by atoms with Gasteiger partial charge in [-0.25, -0.2) is 4.79 Å². The molecule has 0 unspecified atom stereocenters. The Labute approximate surface area is 90.0 Å². The smallest absolute Gasteiger partial charge is 0.417 e. The minimum atomic E-state index is -4.52. The summed E-state index contributed by atoms with van der Waals surface area (Å²) in [5.74, 6) is -0.880. The van der Waals surface area contributed by atoms with Gasteiger partial charge in [0.15, 0.2) is 0 Å². The largest absolute Gasteiger partial charge is 0.454 e. The van der Waals surface area contributed by atoms with Crippen molar-refractivity contribution in [2.75, 3.05) is 0 Å². The van der Waals surface area contributed by atoms with E-state index in [1.807, 2.05) is 0 Å². The Morgan fingerprint density at radius 2 is 2.06 bits per heavy atom. The second kappa shape index (κ2) is 3.50. The molecule has 0 N–H and O–H groups in total. The fourth-order valence-corrected chi connectivity index (χ4v) is 1.86. The molecule has 2 rings (SSSR count). The Balaban J connectivity index is 2.61. The molecule has 0 fully saturated rings. The Bertz CT molecular complexity index is 437. The molecule has 0 aromatic heterocycles. The van der Waals surface area contributed by atoms with E-state index in [2.05, 4.69) is 0 Å². The van der Waals surface area contributed by atoms with Gasteiger partial charge in [0.1, 0.15) is 6.10 Å². The minimum Gasteiger partial charge on any atom is -0.454 e. The zero-order chi connectivity index (χ0) is 11.9. The summed E-state index contributed by atoms with van der Waals surface area (Å²) in [5, 5.41) is 0. The van der Waals surface area contributed by atoms with E-state index in [-0.39, 0.29) is 5.56 Å². The van der Waals surface area contributed by atoms with Gasteiger partial charge in [-0.3, -0.25) is 0 Å². The number of alkyl halides is 3. The molecule has 0 saturated carbocycles. The van der Waals surface area contributed by atoms with Crippen molar-refractivity contribution in [3.63, 3.8) is 0 Å². The van der Waals surface area contributed by atoms with E-state index in [1.54, 1.807) is 6.92 Å². The number of esters is 1. The Morgan fingerprint density at radius 3 is 2.62 bits per heavy atom. The molecule has 1 aliphatic heterocycles. The van der Waals surface area contributed by atoms with Crippen molar-refractivity contribution in [1.29, 1.82) is 0 Å². The van der Waals surface area contributed by atoms with Gasteiger partial charge in [-0.1, -0.05) is 19.1 Å². The summed E-state index contributed by atoms with van der Waals surface area (Å²) in [4.78, 5) is 11.4. The van der Waals surface area contributed by atoms with Crippen LogP contribution in [0.5, 0.6) is 0 Å². The van der Waals surface area contributed by atoms with Crippen LogP contribution in [-0.4, -0.2) is 5.97 Å². The van der Waals surface area contributed by atoms with E-state index in [1.165, 1.54) is 12.1 Å². The highest BCUT2D eigenvalue weighted by Crippen LogP contribution is 2.40. The molecule has 0 amide bonds. The molecule has 1 aliphatic rings. The molecule has 86 valence electrons. The molecule has 1 aromatic rings. The maximum atomic E-state index is 12.6. The standard InChI is InChI=1S/C11H9F3O2/c1-2-8-6-4-3-5-7(11(12,13)14)9(6)10(15)16-8/h3-5,8H,2H2,1H3/t8-/m1/s1. The van der Waals surface area contributed by atoms with Crippen LogP contribution in [0.2, 0.25) is 0 Å². The van der Waals surface area contributed by atoms with Crippen LogP contribution in [0, 0.1) is 0 Å². The van der Waals surface area contributed by atoms with Crippen LogP contribution in [0.25, 0.3) is 0 Å². The van der Waals surface area contributed by atoms with Gasteiger partial charge in [-0.2, -0.15) is 13.2 Å². The van der Waals surface area contributed by atoms with Gasteiger partial charge < -0.3 is 4.74 Å². The first-order valence-corrected chi connectivity index (χ1v) is 4.86. The topological polar surface area (TPSA) is 26.3 Å². The quantitative estimate of drug-likeness (QED) is 0.691. The highest BCUT2D eigenvalue weighted by Gasteiger charge is 2.41. The fourth-order valence-electron chi connectivity index (χ4n) is 1.86. The van der Waals surface area contributed by atoms with Crippen LogP contribution >= 0.6 is 0 Å². The molecule has 1 aromatic carbocycles. The van der Waals surface area contributed by atoms with Gasteiger partial charge >= 0.3 is 12.1 Å². The van der Waals surface area contributed by atoms with E-state index in [9.17, 15) is 18.0 Å². The molecule has 16 heavy (non-hydrogen) atoms. The van der Waals surface area contributed by atoms with Gasteiger partial charge in [-0.05, 0) is 12.5 Å². The third-order valence-electron chi connectivity index (χ3n) is 2.57. The van der Waals surface area contributed by atoms with E-state index in [4.69, 9.17) is 4.74 Å². The monoisotopic (exact) mass is 230 g/mol. The molecule has 1 heterocycles. The highest BCUT2D eigenvalue weighted by atomic mass is 19.4. The van der Waals surface area contributed by atoms with Crippen molar-refractivity contribution in [3.05, 3.63) is 34.9 Å². The fraction of sp³-hybridized carbons (Fsp3) is 0.364. The molecule has 0 saturated heterocycles. The number of rotatable bonds is 1. The zero-order valence-corrected chi connectivity index (χ0v) is 8.47. The van der Waals surface area contributed by atoms with E-state index >= 15 is 0 Å². The van der Waals surface area contributed by atoms with Crippen LogP contribution in [0.1, 0.15) is 40.9 Å². The van der Waals surface area contributed by atoms with E-state index in [0.717, 1.165) is 6.07 Å². The maximum Gasteiger partial charge on any atom is 0.417 e. The van der Waals surface area contributed by atoms with Crippen molar-refractivity contribution in [3.8, 4) is 0 Å². The number of hydrogen-bond donors (Lipinski definition) is 0. The highest BCUT2D eigenvalue weighted by molar-refractivity contribution is 5.95. The van der Waals surface area contributed by atoms with Gasteiger partial charge in [0.05, 0.1) is 11.1 Å². The van der Waals surface area contributed by atoms with Crippen LogP contribution in [-0.2, 0) is 10.9 Å². The second-order valence-electron chi connectivity index (χ2n) is 3.57. The summed E-state index contributed by atoms with van der Waals surface area (Å²) in [6, 6.07) is 3.70. The molecule has 5 heteroatoms. The van der Waals surface area contributed by atoms with Crippen molar-refractivity contribution in [1.82, 2.24) is 0 Å². The number of cyclic esters (lactones) is 1. The number of ether oxygens (including phenoxy) is 1. The predicted octanol–water partition coefficient (Wildman–Crippen LogP) is 3.33. The number of halogens is 3. The van der Waals surface area contributed by atoms with Crippen molar-refractivity contribution in [2.24, 2.45) is 0 Å². The lowest BCUT2D eigenvalue weighted by Crippen LogP contribution is -2.11. The SMILES string of the molecule is CC[C@H]1OC(=O)c2c1cccc2C(F)(F)F. The Hall–Kier alpha value is -1.52. The number of carbonyl (C=O) groups excluding carboxylic acids is 1. The molecule has 0 aliphatic carbocycles. The average molecular weight is 230 g/mol. The Kier molecular flexibility index (Phi) is 2.40. The first-order valence-electron chi connectivity index (χ1n) is 4.86. The van der Waals surface area contributed by atoms with Crippen LogP contribution in [0.3, 0.4) is 0 Å². The summed E-state index contributed by atoms with van der Waals surface area (Å²) in [6.45, 7) is 1.76. The Morgan fingerprint density at radius 1 is 1.38 bits per heavy atom. The third kappa shape index (κ3) is 1.56. The van der Waals surface area contributed by atoms with Crippen molar-refractivity contribution in [2.45, 2.75) is 25.6 Å². The molecular weight excluding hydrogens is 221 g/mol. The molecule has 0 bridgehead atoms. The lowest BCUT2D eigenvalue weighted by Gasteiger charge is -2.10. The van der Waals surface area contributed by atoms with Gasteiger partial charge in [-0.15, -0.1) is 0 Å². The first kappa shape index (κ1) is 11.0. The predicted molar refractivity (Wildman–Crippen MR) is 49.9 cm³/mol. The van der Waals surface area contributed by atoms with Crippen LogP contribution in [0.15, 0.2) is 18.2 Å². The normalized spacial score (nSPS) is 19.5. The summed E-state index contributed by atoms with van der Waals surface area (Å²) >= 11 is 0. The van der Waals surface area contributed by atoms with Gasteiger partial charge in [0.25, 0.3) is 0 Å². The van der Waals surface area contributed by atoms with E-state index < -0.39 is 23.8 Å². The zero-order valence-electron chi connectivity index (χ0n) is 8.47. The molecular formula is C11H9F3O2. The lowest BCUT2D eigenvalue weighted by molar-refractivity contribution is -0.138. The maximum absolute atomic E-state index is 12.6. The van der Waals surface area contributed by atoms with E-state index in [0.29, 0.717) is 12.0 Å². The number of benzene rings is 1. The molecule has 0 radical (unpaired) electrons. The van der Waals surface area contributed by atoms with Gasteiger partial charge in [0.2, 0.25) is 0 Å². The van der Waals surface area contributed by atoms with Crippen molar-refractivity contribution < 1.29 is 22.7 Å². The van der Waals surface area contributed by atoms with Crippen molar-refractivity contribution >= 4 is 5.97 Å². The number of hydrogen-bond acceptors (Lipinski definition) is 2. The third-order valence-corrected chi connectivity index (χ3v) is 2.57. The average Bonchev–Trinajstić information content (AvgIpc) is 2.54. The van der Waals surface area contributed by atoms with Crippen LogP contribution < -0.4 is 0 Å². The number of fused-ring (bicyclic) bond motifs is 1. The second-order valence-corrected chi connectivity index (χ2v) is 3.57. The molecule has 1 atom stereocenters. The van der Waals surface area contributed by atoms with Crippen LogP contribution in [0.4, 0.5) is 13.2 Å². The first-order chi connectivity index (χ1) is 7.45. The van der Waals surface area contributed by atoms with Gasteiger partial charge in [0, 0.05) is 5.56 Å².